The lowest BCUT2D eigenvalue weighted by molar-refractivity contribution is 0.200. The molecule has 0 amide bonds. The SMILES string of the molecule is C[C@@H](O)c1cccc2scnc12. The van der Waals surface area contributed by atoms with Gasteiger partial charge in [-0.05, 0) is 13.0 Å². The van der Waals surface area contributed by atoms with Crippen LogP contribution in [-0.4, -0.2) is 10.1 Å². The van der Waals surface area contributed by atoms with Crippen molar-refractivity contribution in [2.24, 2.45) is 0 Å². The highest BCUT2D eigenvalue weighted by atomic mass is 32.1. The molecular weight excluding hydrogens is 170 g/mol. The molecular formula is C9H9NOS. The van der Waals surface area contributed by atoms with E-state index in [1.807, 2.05) is 18.2 Å². The monoisotopic (exact) mass is 179 g/mol. The van der Waals surface area contributed by atoms with Crippen LogP contribution in [-0.2, 0) is 0 Å². The molecule has 3 heteroatoms. The highest BCUT2D eigenvalue weighted by Crippen LogP contribution is 2.25. The zero-order valence-corrected chi connectivity index (χ0v) is 7.51. The van der Waals surface area contributed by atoms with Crippen LogP contribution < -0.4 is 0 Å². The van der Waals surface area contributed by atoms with E-state index in [0.717, 1.165) is 15.8 Å². The minimum absolute atomic E-state index is 0.434. The van der Waals surface area contributed by atoms with Gasteiger partial charge >= 0.3 is 0 Å². The maximum absolute atomic E-state index is 9.40. The molecule has 2 rings (SSSR count). The zero-order valence-electron chi connectivity index (χ0n) is 6.69. The molecule has 62 valence electrons. The van der Waals surface area contributed by atoms with Crippen LogP contribution in [0.2, 0.25) is 0 Å². The first-order valence-electron chi connectivity index (χ1n) is 3.79. The number of aliphatic hydroxyl groups excluding tert-OH is 1. The number of aliphatic hydroxyl groups is 1. The lowest BCUT2D eigenvalue weighted by Crippen LogP contribution is -1.91. The summed E-state index contributed by atoms with van der Waals surface area (Å²) in [5, 5.41) is 9.40. The zero-order chi connectivity index (χ0) is 8.55. The van der Waals surface area contributed by atoms with Crippen LogP contribution in [0.1, 0.15) is 18.6 Å². The number of nitrogens with zero attached hydrogens (tertiary/aromatic N) is 1. The van der Waals surface area contributed by atoms with E-state index in [9.17, 15) is 5.11 Å². The molecule has 1 atom stereocenters. The van der Waals surface area contributed by atoms with Crippen molar-refractivity contribution in [3.8, 4) is 0 Å². The summed E-state index contributed by atoms with van der Waals surface area (Å²) >= 11 is 1.60. The second kappa shape index (κ2) is 2.84. The predicted molar refractivity (Wildman–Crippen MR) is 50.3 cm³/mol. The number of rotatable bonds is 1. The van der Waals surface area contributed by atoms with Crippen molar-refractivity contribution in [3.63, 3.8) is 0 Å². The molecule has 0 aliphatic rings. The van der Waals surface area contributed by atoms with E-state index in [2.05, 4.69) is 4.98 Å². The third-order valence-corrected chi connectivity index (χ3v) is 2.64. The van der Waals surface area contributed by atoms with Crippen molar-refractivity contribution >= 4 is 21.6 Å². The van der Waals surface area contributed by atoms with E-state index in [0.29, 0.717) is 0 Å². The van der Waals surface area contributed by atoms with Gasteiger partial charge in [-0.2, -0.15) is 0 Å². The summed E-state index contributed by atoms with van der Waals surface area (Å²) in [6, 6.07) is 5.87. The molecule has 0 aliphatic carbocycles. The number of fused-ring (bicyclic) bond motifs is 1. The van der Waals surface area contributed by atoms with Gasteiger partial charge in [-0.25, -0.2) is 4.98 Å². The van der Waals surface area contributed by atoms with Gasteiger partial charge in [-0.3, -0.25) is 0 Å². The summed E-state index contributed by atoms with van der Waals surface area (Å²) in [6.45, 7) is 1.76. The molecule has 0 saturated heterocycles. The van der Waals surface area contributed by atoms with E-state index in [1.54, 1.807) is 23.8 Å². The molecule has 1 heterocycles. The second-order valence-electron chi connectivity index (χ2n) is 2.72. The topological polar surface area (TPSA) is 33.1 Å². The Hall–Kier alpha value is -0.930. The van der Waals surface area contributed by atoms with E-state index in [4.69, 9.17) is 0 Å². The molecule has 2 aromatic rings. The molecule has 0 saturated carbocycles. The van der Waals surface area contributed by atoms with Crippen LogP contribution in [0.5, 0.6) is 0 Å². The Labute approximate surface area is 74.5 Å². The standard InChI is InChI=1S/C9H9NOS/c1-6(11)7-3-2-4-8-9(7)10-5-12-8/h2-6,11H,1H3/t6-/m1/s1. The van der Waals surface area contributed by atoms with Gasteiger partial charge in [0.25, 0.3) is 0 Å². The van der Waals surface area contributed by atoms with Crippen molar-refractivity contribution in [1.82, 2.24) is 4.98 Å². The molecule has 1 N–H and O–H groups in total. The molecule has 1 aromatic heterocycles. The molecule has 1 aromatic carbocycles. The van der Waals surface area contributed by atoms with Crippen LogP contribution in [0.4, 0.5) is 0 Å². The number of benzene rings is 1. The normalized spacial score (nSPS) is 13.5. The lowest BCUT2D eigenvalue weighted by Gasteiger charge is -2.03. The van der Waals surface area contributed by atoms with Gasteiger partial charge in [-0.15, -0.1) is 11.3 Å². The van der Waals surface area contributed by atoms with E-state index in [1.165, 1.54) is 0 Å². The fraction of sp³-hybridized carbons (Fsp3) is 0.222. The van der Waals surface area contributed by atoms with Crippen LogP contribution in [0.15, 0.2) is 23.7 Å². The second-order valence-corrected chi connectivity index (χ2v) is 3.61. The minimum atomic E-state index is -0.434. The Morgan fingerprint density at radius 2 is 2.33 bits per heavy atom. The van der Waals surface area contributed by atoms with Gasteiger partial charge in [0.2, 0.25) is 0 Å². The third-order valence-electron chi connectivity index (χ3n) is 1.84. The molecule has 0 bridgehead atoms. The van der Waals surface area contributed by atoms with Crippen molar-refractivity contribution in [2.75, 3.05) is 0 Å². The Kier molecular flexibility index (Phi) is 1.83. The van der Waals surface area contributed by atoms with Crippen molar-refractivity contribution < 1.29 is 5.11 Å². The van der Waals surface area contributed by atoms with Crippen molar-refractivity contribution in [2.45, 2.75) is 13.0 Å². The number of para-hydroxylation sites is 1. The number of hydrogen-bond acceptors (Lipinski definition) is 3. The first kappa shape index (κ1) is 7.71. The quantitative estimate of drug-likeness (QED) is 0.729. The predicted octanol–water partition coefficient (Wildman–Crippen LogP) is 2.35. The number of aromatic nitrogens is 1. The summed E-state index contributed by atoms with van der Waals surface area (Å²) in [7, 11) is 0. The van der Waals surface area contributed by atoms with Gasteiger partial charge in [-0.1, -0.05) is 12.1 Å². The molecule has 0 radical (unpaired) electrons. The summed E-state index contributed by atoms with van der Waals surface area (Å²) in [6.07, 6.45) is -0.434. The molecule has 0 spiro atoms. The molecule has 0 fully saturated rings. The third kappa shape index (κ3) is 1.11. The molecule has 2 nitrogen and oxygen atoms in total. The summed E-state index contributed by atoms with van der Waals surface area (Å²) in [4.78, 5) is 4.20. The van der Waals surface area contributed by atoms with Gasteiger partial charge in [0.05, 0.1) is 21.8 Å². The Morgan fingerprint density at radius 3 is 3.08 bits per heavy atom. The molecule has 12 heavy (non-hydrogen) atoms. The highest BCUT2D eigenvalue weighted by molar-refractivity contribution is 7.16. The largest absolute Gasteiger partial charge is 0.389 e. The molecule has 0 aliphatic heterocycles. The van der Waals surface area contributed by atoms with Crippen LogP contribution in [0.3, 0.4) is 0 Å². The Balaban J connectivity index is 2.73. The van der Waals surface area contributed by atoms with E-state index >= 15 is 0 Å². The Bertz CT molecular complexity index is 394. The van der Waals surface area contributed by atoms with Gasteiger partial charge in [0.15, 0.2) is 0 Å². The summed E-state index contributed by atoms with van der Waals surface area (Å²) in [5.41, 5.74) is 3.64. The lowest BCUT2D eigenvalue weighted by atomic mass is 10.1. The van der Waals surface area contributed by atoms with Gasteiger partial charge < -0.3 is 5.11 Å². The van der Waals surface area contributed by atoms with E-state index < -0.39 is 6.10 Å². The minimum Gasteiger partial charge on any atom is -0.389 e. The highest BCUT2D eigenvalue weighted by Gasteiger charge is 2.06. The van der Waals surface area contributed by atoms with Crippen molar-refractivity contribution in [3.05, 3.63) is 29.3 Å². The fourth-order valence-corrected chi connectivity index (χ4v) is 1.96. The average molecular weight is 179 g/mol. The van der Waals surface area contributed by atoms with Crippen molar-refractivity contribution in [1.29, 1.82) is 0 Å². The first-order valence-corrected chi connectivity index (χ1v) is 4.67. The number of thiazole rings is 1. The number of hydrogen-bond donors (Lipinski definition) is 1. The summed E-state index contributed by atoms with van der Waals surface area (Å²) < 4.78 is 1.13. The van der Waals surface area contributed by atoms with Crippen LogP contribution in [0.25, 0.3) is 10.2 Å². The smallest absolute Gasteiger partial charge is 0.0869 e. The molecule has 0 unspecified atom stereocenters. The van der Waals surface area contributed by atoms with Gasteiger partial charge in [0.1, 0.15) is 0 Å². The maximum Gasteiger partial charge on any atom is 0.0869 e. The first-order chi connectivity index (χ1) is 5.79. The van der Waals surface area contributed by atoms with E-state index in [-0.39, 0.29) is 0 Å². The summed E-state index contributed by atoms with van der Waals surface area (Å²) in [5.74, 6) is 0. The van der Waals surface area contributed by atoms with Gasteiger partial charge in [0, 0.05) is 5.56 Å². The Morgan fingerprint density at radius 1 is 1.50 bits per heavy atom. The fourth-order valence-electron chi connectivity index (χ4n) is 1.25. The maximum atomic E-state index is 9.40. The average Bonchev–Trinajstić information content (AvgIpc) is 2.49. The van der Waals surface area contributed by atoms with Crippen LogP contribution >= 0.6 is 11.3 Å². The van der Waals surface area contributed by atoms with Crippen LogP contribution in [0, 0.1) is 0 Å².